The monoisotopic (exact) mass is 333 g/mol. The molecule has 6 heteroatoms. The Bertz CT molecular complexity index is 562. The molecule has 0 saturated carbocycles. The quantitative estimate of drug-likeness (QED) is 0.792. The lowest BCUT2D eigenvalue weighted by Crippen LogP contribution is -2.59. The first-order chi connectivity index (χ1) is 11.7. The van der Waals surface area contributed by atoms with Crippen molar-refractivity contribution in [1.29, 1.82) is 0 Å². The van der Waals surface area contributed by atoms with Crippen LogP contribution in [-0.2, 0) is 25.6 Å². The van der Waals surface area contributed by atoms with Crippen LogP contribution in [0.1, 0.15) is 24.8 Å². The SMILES string of the molecule is COC(=O)CC1CC2COCC(C1)N2C(=O)OCc1ccccc1. The Balaban J connectivity index is 1.59. The second-order valence-electron chi connectivity index (χ2n) is 6.41. The number of hydrogen-bond donors (Lipinski definition) is 0. The van der Waals surface area contributed by atoms with Gasteiger partial charge in [-0.25, -0.2) is 4.79 Å². The summed E-state index contributed by atoms with van der Waals surface area (Å²) in [7, 11) is 1.41. The Morgan fingerprint density at radius 2 is 1.83 bits per heavy atom. The predicted octanol–water partition coefficient (Wildman–Crippen LogP) is 2.37. The molecule has 2 bridgehead atoms. The van der Waals surface area contributed by atoms with E-state index in [-0.39, 0.29) is 36.7 Å². The highest BCUT2D eigenvalue weighted by molar-refractivity contribution is 5.70. The van der Waals surface area contributed by atoms with E-state index in [4.69, 9.17) is 14.2 Å². The van der Waals surface area contributed by atoms with Crippen LogP contribution >= 0.6 is 0 Å². The van der Waals surface area contributed by atoms with Crippen LogP contribution in [-0.4, -0.2) is 49.4 Å². The Kier molecular flexibility index (Phi) is 5.35. The molecule has 0 radical (unpaired) electrons. The molecule has 24 heavy (non-hydrogen) atoms. The number of hydrogen-bond acceptors (Lipinski definition) is 5. The third-order valence-electron chi connectivity index (χ3n) is 4.72. The van der Waals surface area contributed by atoms with Crippen molar-refractivity contribution in [2.45, 2.75) is 38.0 Å². The van der Waals surface area contributed by atoms with Gasteiger partial charge in [-0.2, -0.15) is 0 Å². The maximum Gasteiger partial charge on any atom is 0.410 e. The second-order valence-corrected chi connectivity index (χ2v) is 6.41. The zero-order chi connectivity index (χ0) is 16.9. The van der Waals surface area contributed by atoms with E-state index in [0.29, 0.717) is 19.6 Å². The van der Waals surface area contributed by atoms with Crippen LogP contribution in [0.5, 0.6) is 0 Å². The second kappa shape index (κ2) is 7.66. The van der Waals surface area contributed by atoms with Gasteiger partial charge in [0.15, 0.2) is 0 Å². The molecule has 0 N–H and O–H groups in total. The van der Waals surface area contributed by atoms with E-state index < -0.39 is 0 Å². The van der Waals surface area contributed by atoms with Gasteiger partial charge >= 0.3 is 12.1 Å². The molecule has 2 aliphatic heterocycles. The van der Waals surface area contributed by atoms with Crippen molar-refractivity contribution in [2.75, 3.05) is 20.3 Å². The van der Waals surface area contributed by atoms with Crippen molar-refractivity contribution in [1.82, 2.24) is 4.90 Å². The third-order valence-corrected chi connectivity index (χ3v) is 4.72. The Morgan fingerprint density at radius 3 is 2.46 bits per heavy atom. The van der Waals surface area contributed by atoms with Gasteiger partial charge in [0, 0.05) is 6.42 Å². The zero-order valence-corrected chi connectivity index (χ0v) is 13.8. The van der Waals surface area contributed by atoms with E-state index in [1.807, 2.05) is 30.3 Å². The fraction of sp³-hybridized carbons (Fsp3) is 0.556. The van der Waals surface area contributed by atoms with Crippen LogP contribution < -0.4 is 0 Å². The largest absolute Gasteiger partial charge is 0.469 e. The fourth-order valence-corrected chi connectivity index (χ4v) is 3.61. The van der Waals surface area contributed by atoms with E-state index in [9.17, 15) is 9.59 Å². The van der Waals surface area contributed by atoms with Gasteiger partial charge in [-0.15, -0.1) is 0 Å². The van der Waals surface area contributed by atoms with Gasteiger partial charge in [-0.3, -0.25) is 9.69 Å². The summed E-state index contributed by atoms with van der Waals surface area (Å²) < 4.78 is 15.8. The summed E-state index contributed by atoms with van der Waals surface area (Å²) in [4.78, 5) is 25.8. The minimum Gasteiger partial charge on any atom is -0.469 e. The lowest BCUT2D eigenvalue weighted by molar-refractivity contribution is -0.143. The molecule has 2 fully saturated rings. The lowest BCUT2D eigenvalue weighted by atomic mass is 9.83. The highest BCUT2D eigenvalue weighted by Crippen LogP contribution is 2.34. The van der Waals surface area contributed by atoms with E-state index in [1.165, 1.54) is 7.11 Å². The number of piperidine rings is 1. The van der Waals surface area contributed by atoms with Crippen molar-refractivity contribution >= 4 is 12.1 Å². The standard InChI is InChI=1S/C18H23NO5/c1-22-17(20)9-14-7-15-11-23-12-16(8-14)19(15)18(21)24-10-13-5-3-2-4-6-13/h2-6,14-16H,7-12H2,1H3. The van der Waals surface area contributed by atoms with Gasteiger partial charge in [-0.1, -0.05) is 30.3 Å². The summed E-state index contributed by atoms with van der Waals surface area (Å²) in [5, 5.41) is 0. The summed E-state index contributed by atoms with van der Waals surface area (Å²) in [6, 6.07) is 9.57. The number of benzene rings is 1. The molecule has 2 atom stereocenters. The zero-order valence-electron chi connectivity index (χ0n) is 13.8. The number of methoxy groups -OCH3 is 1. The minimum atomic E-state index is -0.298. The molecule has 2 aliphatic rings. The van der Waals surface area contributed by atoms with Gasteiger partial charge in [0.05, 0.1) is 32.4 Å². The van der Waals surface area contributed by atoms with Crippen LogP contribution in [0.25, 0.3) is 0 Å². The molecule has 0 aromatic heterocycles. The van der Waals surface area contributed by atoms with Crippen LogP contribution in [0.2, 0.25) is 0 Å². The lowest BCUT2D eigenvalue weighted by Gasteiger charge is -2.47. The number of carbonyl (C=O) groups is 2. The minimum absolute atomic E-state index is 0.0320. The van der Waals surface area contributed by atoms with Gasteiger partial charge in [-0.05, 0) is 24.3 Å². The summed E-state index contributed by atoms with van der Waals surface area (Å²) in [6.45, 7) is 1.26. The van der Waals surface area contributed by atoms with Crippen LogP contribution in [0.4, 0.5) is 4.79 Å². The highest BCUT2D eigenvalue weighted by atomic mass is 16.6. The molecule has 2 unspecified atom stereocenters. The van der Waals surface area contributed by atoms with Gasteiger partial charge < -0.3 is 14.2 Å². The summed E-state index contributed by atoms with van der Waals surface area (Å²) in [5.41, 5.74) is 0.966. The van der Waals surface area contributed by atoms with Crippen molar-refractivity contribution in [3.8, 4) is 0 Å². The number of ether oxygens (including phenoxy) is 3. The number of fused-ring (bicyclic) bond motifs is 2. The van der Waals surface area contributed by atoms with E-state index >= 15 is 0 Å². The molecule has 130 valence electrons. The molecule has 2 heterocycles. The molecule has 1 aromatic carbocycles. The van der Waals surface area contributed by atoms with Crippen LogP contribution in [0.3, 0.4) is 0 Å². The Labute approximate surface area is 141 Å². The first-order valence-electron chi connectivity index (χ1n) is 8.31. The molecule has 6 nitrogen and oxygen atoms in total. The highest BCUT2D eigenvalue weighted by Gasteiger charge is 2.42. The Morgan fingerprint density at radius 1 is 1.17 bits per heavy atom. The first kappa shape index (κ1) is 16.8. The maximum absolute atomic E-state index is 12.5. The van der Waals surface area contributed by atoms with E-state index in [0.717, 1.165) is 18.4 Å². The third kappa shape index (κ3) is 3.87. The normalized spacial score (nSPS) is 25.9. The molecule has 1 amide bonds. The fourth-order valence-electron chi connectivity index (χ4n) is 3.61. The first-order valence-corrected chi connectivity index (χ1v) is 8.31. The number of rotatable bonds is 4. The number of amides is 1. The van der Waals surface area contributed by atoms with Crippen molar-refractivity contribution in [3.05, 3.63) is 35.9 Å². The van der Waals surface area contributed by atoms with Gasteiger partial charge in [0.2, 0.25) is 0 Å². The van der Waals surface area contributed by atoms with Gasteiger partial charge in [0.1, 0.15) is 6.61 Å². The number of carbonyl (C=O) groups excluding carboxylic acids is 2. The van der Waals surface area contributed by atoms with E-state index in [2.05, 4.69) is 0 Å². The molecule has 2 saturated heterocycles. The topological polar surface area (TPSA) is 65.1 Å². The van der Waals surface area contributed by atoms with Crippen molar-refractivity contribution < 1.29 is 23.8 Å². The number of esters is 1. The molecule has 3 rings (SSSR count). The van der Waals surface area contributed by atoms with Crippen molar-refractivity contribution in [3.63, 3.8) is 0 Å². The predicted molar refractivity (Wildman–Crippen MR) is 86.2 cm³/mol. The number of morpholine rings is 1. The smallest absolute Gasteiger partial charge is 0.410 e. The van der Waals surface area contributed by atoms with Crippen LogP contribution in [0.15, 0.2) is 30.3 Å². The van der Waals surface area contributed by atoms with Gasteiger partial charge in [0.25, 0.3) is 0 Å². The van der Waals surface area contributed by atoms with Crippen molar-refractivity contribution in [2.24, 2.45) is 5.92 Å². The van der Waals surface area contributed by atoms with Crippen LogP contribution in [0, 0.1) is 5.92 Å². The molecular formula is C18H23NO5. The average Bonchev–Trinajstić information content (AvgIpc) is 2.59. The summed E-state index contributed by atoms with van der Waals surface area (Å²) in [5.74, 6) is 0.0358. The molecule has 0 aliphatic carbocycles. The molecule has 0 spiro atoms. The summed E-state index contributed by atoms with van der Waals surface area (Å²) in [6.07, 6.45) is 1.59. The molecular weight excluding hydrogens is 310 g/mol. The average molecular weight is 333 g/mol. The summed E-state index contributed by atoms with van der Waals surface area (Å²) >= 11 is 0. The Hall–Kier alpha value is -2.08. The molecule has 1 aromatic rings. The number of nitrogens with zero attached hydrogens (tertiary/aromatic N) is 1. The maximum atomic E-state index is 12.5. The van der Waals surface area contributed by atoms with E-state index in [1.54, 1.807) is 4.90 Å².